The lowest BCUT2D eigenvalue weighted by Gasteiger charge is -2.26. The minimum atomic E-state index is -0.248. The van der Waals surface area contributed by atoms with Crippen molar-refractivity contribution in [2.24, 2.45) is 0 Å². The van der Waals surface area contributed by atoms with Gasteiger partial charge in [-0.3, -0.25) is 9.59 Å². The van der Waals surface area contributed by atoms with Crippen molar-refractivity contribution in [1.82, 2.24) is 5.32 Å². The zero-order chi connectivity index (χ0) is 16.4. The van der Waals surface area contributed by atoms with Crippen LogP contribution in [0.1, 0.15) is 39.6 Å². The predicted octanol–water partition coefficient (Wildman–Crippen LogP) is 4.42. The summed E-state index contributed by atoms with van der Waals surface area (Å²) in [5, 5.41) is 3.41. The van der Waals surface area contributed by atoms with E-state index in [2.05, 4.69) is 21.2 Å². The van der Waals surface area contributed by atoms with Gasteiger partial charge in [0.05, 0.1) is 15.4 Å². The zero-order valence-electron chi connectivity index (χ0n) is 12.6. The van der Waals surface area contributed by atoms with Gasteiger partial charge in [-0.2, -0.15) is 0 Å². The van der Waals surface area contributed by atoms with E-state index in [1.54, 1.807) is 11.3 Å². The number of hydrogen-bond acceptors (Lipinski definition) is 4. The molecule has 1 aromatic carbocycles. The lowest BCUT2D eigenvalue weighted by atomic mass is 9.83. The molecule has 3 aliphatic rings. The molecule has 5 rings (SSSR count). The van der Waals surface area contributed by atoms with Crippen molar-refractivity contribution >= 4 is 44.5 Å². The fourth-order valence-electron chi connectivity index (χ4n) is 3.92. The van der Waals surface area contributed by atoms with Crippen molar-refractivity contribution in [1.29, 1.82) is 0 Å². The number of thiophene rings is 1. The lowest BCUT2D eigenvalue weighted by Crippen LogP contribution is -2.25. The summed E-state index contributed by atoms with van der Waals surface area (Å²) in [5.74, 6) is -0.0568. The van der Waals surface area contributed by atoms with Crippen molar-refractivity contribution in [3.63, 3.8) is 0 Å². The Kier molecular flexibility index (Phi) is 3.00. The molecule has 0 spiro atoms. The second-order valence-corrected chi connectivity index (χ2v) is 8.67. The first-order valence-electron chi connectivity index (χ1n) is 7.82. The fraction of sp³-hybridized carbons (Fsp3) is 0.158. The molecule has 1 aliphatic heterocycles. The van der Waals surface area contributed by atoms with Gasteiger partial charge in [0.2, 0.25) is 0 Å². The molecule has 2 aromatic rings. The highest BCUT2D eigenvalue weighted by Gasteiger charge is 2.45. The molecule has 1 aromatic heterocycles. The van der Waals surface area contributed by atoms with Gasteiger partial charge in [-0.15, -0.1) is 11.3 Å². The molecule has 0 saturated heterocycles. The number of ketones is 2. The van der Waals surface area contributed by atoms with E-state index in [-0.39, 0.29) is 17.5 Å². The van der Waals surface area contributed by atoms with Gasteiger partial charge < -0.3 is 5.32 Å². The quantitative estimate of drug-likeness (QED) is 0.774. The summed E-state index contributed by atoms with van der Waals surface area (Å²) in [7, 11) is 0. The first-order chi connectivity index (χ1) is 11.6. The number of allylic oxidation sites excluding steroid dienone is 3. The maximum Gasteiger partial charge on any atom is 0.192 e. The summed E-state index contributed by atoms with van der Waals surface area (Å²) in [6.45, 7) is 0. The van der Waals surface area contributed by atoms with Gasteiger partial charge in [-0.1, -0.05) is 24.3 Å². The van der Waals surface area contributed by atoms with Crippen LogP contribution in [0.3, 0.4) is 0 Å². The monoisotopic (exact) mass is 397 g/mol. The van der Waals surface area contributed by atoms with Crippen LogP contribution in [0.25, 0.3) is 5.70 Å². The van der Waals surface area contributed by atoms with Crippen LogP contribution in [0.2, 0.25) is 0 Å². The third-order valence-electron chi connectivity index (χ3n) is 4.91. The summed E-state index contributed by atoms with van der Waals surface area (Å²) in [4.78, 5) is 26.6. The highest BCUT2D eigenvalue weighted by Crippen LogP contribution is 2.50. The van der Waals surface area contributed by atoms with E-state index in [1.807, 2.05) is 36.4 Å². The smallest absolute Gasteiger partial charge is 0.192 e. The van der Waals surface area contributed by atoms with E-state index >= 15 is 0 Å². The maximum atomic E-state index is 13.1. The molecule has 118 valence electrons. The predicted molar refractivity (Wildman–Crippen MR) is 96.9 cm³/mol. The van der Waals surface area contributed by atoms with Crippen molar-refractivity contribution < 1.29 is 9.59 Å². The molecule has 0 bridgehead atoms. The summed E-state index contributed by atoms with van der Waals surface area (Å²) in [5.41, 5.74) is 5.05. The molecule has 0 radical (unpaired) electrons. The molecular formula is C19H12BrNO2S. The fourth-order valence-corrected chi connectivity index (χ4v) is 5.46. The summed E-state index contributed by atoms with van der Waals surface area (Å²) < 4.78 is 1.01. The molecule has 2 heterocycles. The highest BCUT2D eigenvalue weighted by atomic mass is 79.9. The Morgan fingerprint density at radius 1 is 1.00 bits per heavy atom. The SMILES string of the molecule is O=C1CCC2=C1C(c1ccc(Br)s1)C1=C(N2)c2ccccc2C1=O. The van der Waals surface area contributed by atoms with E-state index in [9.17, 15) is 9.59 Å². The van der Waals surface area contributed by atoms with E-state index in [4.69, 9.17) is 0 Å². The van der Waals surface area contributed by atoms with Crippen LogP contribution in [0.5, 0.6) is 0 Å². The summed E-state index contributed by atoms with van der Waals surface area (Å²) in [6, 6.07) is 11.7. The van der Waals surface area contributed by atoms with Gasteiger partial charge in [0, 0.05) is 39.3 Å². The molecule has 0 fully saturated rings. The van der Waals surface area contributed by atoms with Gasteiger partial charge in [0.1, 0.15) is 0 Å². The van der Waals surface area contributed by atoms with E-state index in [0.29, 0.717) is 6.42 Å². The Morgan fingerprint density at radius 3 is 2.54 bits per heavy atom. The lowest BCUT2D eigenvalue weighted by molar-refractivity contribution is -0.115. The molecule has 24 heavy (non-hydrogen) atoms. The van der Waals surface area contributed by atoms with Crippen molar-refractivity contribution in [3.8, 4) is 0 Å². The number of carbonyl (C=O) groups excluding carboxylic acids is 2. The minimum Gasteiger partial charge on any atom is -0.358 e. The van der Waals surface area contributed by atoms with Crippen molar-refractivity contribution in [3.05, 3.63) is 73.0 Å². The Morgan fingerprint density at radius 2 is 1.79 bits per heavy atom. The third-order valence-corrected chi connectivity index (χ3v) is 6.60. The van der Waals surface area contributed by atoms with Gasteiger partial charge in [0.25, 0.3) is 0 Å². The normalized spacial score (nSPS) is 21.8. The van der Waals surface area contributed by atoms with Gasteiger partial charge in [-0.25, -0.2) is 0 Å². The second kappa shape index (κ2) is 5.01. The molecule has 0 amide bonds. The van der Waals surface area contributed by atoms with Crippen LogP contribution in [0, 0.1) is 0 Å². The van der Waals surface area contributed by atoms with Crippen molar-refractivity contribution in [2.45, 2.75) is 18.8 Å². The molecule has 5 heteroatoms. The highest BCUT2D eigenvalue weighted by molar-refractivity contribution is 9.11. The molecule has 3 nitrogen and oxygen atoms in total. The Hall–Kier alpha value is -1.98. The average Bonchev–Trinajstić information content (AvgIpc) is 3.25. The maximum absolute atomic E-state index is 13.1. The minimum absolute atomic E-state index is 0.0360. The summed E-state index contributed by atoms with van der Waals surface area (Å²) in [6.07, 6.45) is 1.25. The zero-order valence-corrected chi connectivity index (χ0v) is 15.0. The van der Waals surface area contributed by atoms with Gasteiger partial charge >= 0.3 is 0 Å². The topological polar surface area (TPSA) is 46.2 Å². The number of carbonyl (C=O) groups is 2. The number of rotatable bonds is 1. The Bertz CT molecular complexity index is 998. The number of Topliss-reactive ketones (excluding diaryl/α,β-unsaturated/α-hetero) is 2. The van der Waals surface area contributed by atoms with Gasteiger partial charge in [0.15, 0.2) is 11.6 Å². The van der Waals surface area contributed by atoms with Crippen LogP contribution in [-0.4, -0.2) is 11.6 Å². The number of fused-ring (bicyclic) bond motifs is 2. The van der Waals surface area contributed by atoms with Crippen LogP contribution >= 0.6 is 27.3 Å². The largest absolute Gasteiger partial charge is 0.358 e. The first kappa shape index (κ1) is 14.4. The first-order valence-corrected chi connectivity index (χ1v) is 9.43. The molecule has 1 unspecified atom stereocenters. The molecule has 2 aliphatic carbocycles. The standard InChI is InChI=1S/C19H12BrNO2S/c20-14-8-7-13(24-14)16-15-11(5-6-12(15)22)21-18-9-3-1-2-4-10(9)19(23)17(16)18/h1-4,7-8,16,21H,5-6H2. The van der Waals surface area contributed by atoms with Crippen LogP contribution in [0.4, 0.5) is 0 Å². The third kappa shape index (κ3) is 1.82. The number of nitrogens with one attached hydrogen (secondary N) is 1. The van der Waals surface area contributed by atoms with Crippen LogP contribution in [0.15, 0.2) is 57.0 Å². The van der Waals surface area contributed by atoms with Crippen LogP contribution < -0.4 is 5.32 Å². The Balaban J connectivity index is 1.76. The Labute approximate surface area is 151 Å². The average molecular weight is 398 g/mol. The number of halogens is 1. The van der Waals surface area contributed by atoms with E-state index in [0.717, 1.165) is 48.8 Å². The number of benzene rings is 1. The molecular weight excluding hydrogens is 386 g/mol. The molecule has 0 saturated carbocycles. The number of hydrogen-bond donors (Lipinski definition) is 1. The van der Waals surface area contributed by atoms with Gasteiger partial charge in [-0.05, 0) is 34.5 Å². The van der Waals surface area contributed by atoms with E-state index < -0.39 is 0 Å². The second-order valence-electron chi connectivity index (χ2n) is 6.18. The number of dihydropyridines is 1. The van der Waals surface area contributed by atoms with Crippen LogP contribution in [-0.2, 0) is 4.79 Å². The van der Waals surface area contributed by atoms with Crippen molar-refractivity contribution in [2.75, 3.05) is 0 Å². The molecule has 1 N–H and O–H groups in total. The summed E-state index contributed by atoms with van der Waals surface area (Å²) >= 11 is 5.09. The van der Waals surface area contributed by atoms with E-state index in [1.165, 1.54) is 0 Å². The molecule has 1 atom stereocenters.